The molecule has 0 fully saturated rings. The molecule has 0 saturated carbocycles. The number of nitrogens with one attached hydrogen (secondary N) is 1. The van der Waals surface area contributed by atoms with Crippen molar-refractivity contribution in [2.45, 2.75) is 42.7 Å². The van der Waals surface area contributed by atoms with Crippen molar-refractivity contribution in [1.82, 2.24) is 10.3 Å². The molecule has 0 aliphatic heterocycles. The molecule has 0 spiro atoms. The zero-order chi connectivity index (χ0) is 21.8. The second-order valence-corrected chi connectivity index (χ2v) is 9.05. The van der Waals surface area contributed by atoms with Gasteiger partial charge in [0.2, 0.25) is 0 Å². The van der Waals surface area contributed by atoms with Crippen molar-refractivity contribution in [2.75, 3.05) is 0 Å². The Morgan fingerprint density at radius 3 is 2.23 bits per heavy atom. The van der Waals surface area contributed by atoms with Gasteiger partial charge in [-0.1, -0.05) is 86.3 Å². The Hall–Kier alpha value is -3.11. The number of carbonyl (C=O) groups is 1. The van der Waals surface area contributed by atoms with Crippen molar-refractivity contribution in [3.8, 4) is 0 Å². The Balaban J connectivity index is 1.64. The van der Waals surface area contributed by atoms with Crippen LogP contribution in [0.1, 0.15) is 54.2 Å². The fourth-order valence-electron chi connectivity index (χ4n) is 3.53. The van der Waals surface area contributed by atoms with Crippen molar-refractivity contribution in [2.24, 2.45) is 0 Å². The number of rotatable bonds is 6. The summed E-state index contributed by atoms with van der Waals surface area (Å²) in [6.45, 7) is 6.38. The summed E-state index contributed by atoms with van der Waals surface area (Å²) in [5.41, 5.74) is 3.86. The normalized spacial score (nSPS) is 12.1. The van der Waals surface area contributed by atoms with E-state index in [0.29, 0.717) is 11.5 Å². The van der Waals surface area contributed by atoms with Crippen LogP contribution >= 0.6 is 11.8 Å². The zero-order valence-electron chi connectivity index (χ0n) is 18.0. The number of pyridine rings is 1. The molecule has 0 saturated heterocycles. The first-order valence-electron chi connectivity index (χ1n) is 10.5. The van der Waals surface area contributed by atoms with Gasteiger partial charge in [-0.3, -0.25) is 4.79 Å². The highest BCUT2D eigenvalue weighted by Crippen LogP contribution is 2.31. The van der Waals surface area contributed by atoms with Crippen LogP contribution in [-0.4, -0.2) is 10.9 Å². The Morgan fingerprint density at radius 1 is 0.839 bits per heavy atom. The molecule has 0 aliphatic carbocycles. The summed E-state index contributed by atoms with van der Waals surface area (Å²) in [6, 6.07) is 28.2. The number of carbonyl (C=O) groups excluding carboxylic acids is 1. The van der Waals surface area contributed by atoms with E-state index in [1.54, 1.807) is 11.8 Å². The molecule has 1 aromatic heterocycles. The van der Waals surface area contributed by atoms with Gasteiger partial charge in [0.1, 0.15) is 5.03 Å². The molecule has 31 heavy (non-hydrogen) atoms. The average Bonchev–Trinajstić information content (AvgIpc) is 2.79. The highest BCUT2D eigenvalue weighted by atomic mass is 32.2. The van der Waals surface area contributed by atoms with E-state index in [1.807, 2.05) is 67.6 Å². The molecular weight excluding hydrogens is 400 g/mol. The van der Waals surface area contributed by atoms with Crippen LogP contribution in [0.3, 0.4) is 0 Å². The van der Waals surface area contributed by atoms with Crippen LogP contribution in [0.15, 0.2) is 94.9 Å². The van der Waals surface area contributed by atoms with Crippen molar-refractivity contribution >= 4 is 28.6 Å². The Kier molecular flexibility index (Phi) is 6.38. The predicted molar refractivity (Wildman–Crippen MR) is 129 cm³/mol. The molecule has 0 radical (unpaired) electrons. The monoisotopic (exact) mass is 426 g/mol. The van der Waals surface area contributed by atoms with Crippen molar-refractivity contribution in [3.63, 3.8) is 0 Å². The fourth-order valence-corrected chi connectivity index (χ4v) is 4.37. The molecule has 3 aromatic carbocycles. The number of benzene rings is 3. The molecule has 1 N–H and O–H groups in total. The molecule has 4 aromatic rings. The quantitative estimate of drug-likeness (QED) is 0.361. The van der Waals surface area contributed by atoms with Gasteiger partial charge in [-0.2, -0.15) is 0 Å². The van der Waals surface area contributed by atoms with Gasteiger partial charge >= 0.3 is 0 Å². The lowest BCUT2D eigenvalue weighted by Gasteiger charge is -2.16. The van der Waals surface area contributed by atoms with Crippen molar-refractivity contribution in [3.05, 3.63) is 102 Å². The van der Waals surface area contributed by atoms with E-state index in [4.69, 9.17) is 4.98 Å². The largest absolute Gasteiger partial charge is 0.345 e. The highest BCUT2D eigenvalue weighted by Gasteiger charge is 2.16. The van der Waals surface area contributed by atoms with Crippen LogP contribution in [0.2, 0.25) is 0 Å². The Bertz CT molecular complexity index is 1190. The van der Waals surface area contributed by atoms with Gasteiger partial charge in [-0.15, -0.1) is 0 Å². The SMILES string of the molecule is CC(C)c1ccc(Sc2cc(C(=O)N[C@@H](C)c3ccccc3)c3ccccc3n2)cc1. The molecule has 3 nitrogen and oxygen atoms in total. The van der Waals surface area contributed by atoms with E-state index in [1.165, 1.54) is 5.56 Å². The summed E-state index contributed by atoms with van der Waals surface area (Å²) >= 11 is 1.58. The average molecular weight is 427 g/mol. The first-order chi connectivity index (χ1) is 15.0. The number of fused-ring (bicyclic) bond motifs is 1. The zero-order valence-corrected chi connectivity index (χ0v) is 18.8. The molecule has 4 heteroatoms. The molecule has 1 atom stereocenters. The van der Waals surface area contributed by atoms with Gasteiger partial charge in [-0.25, -0.2) is 4.98 Å². The highest BCUT2D eigenvalue weighted by molar-refractivity contribution is 7.99. The van der Waals surface area contributed by atoms with E-state index in [0.717, 1.165) is 26.4 Å². The van der Waals surface area contributed by atoms with Crippen molar-refractivity contribution < 1.29 is 4.79 Å². The van der Waals surface area contributed by atoms with Gasteiger partial charge in [0.25, 0.3) is 5.91 Å². The summed E-state index contributed by atoms with van der Waals surface area (Å²) in [5, 5.41) is 4.81. The first-order valence-corrected chi connectivity index (χ1v) is 11.4. The number of nitrogens with zero attached hydrogens (tertiary/aromatic N) is 1. The van der Waals surface area contributed by atoms with E-state index < -0.39 is 0 Å². The molecule has 1 amide bonds. The maximum absolute atomic E-state index is 13.2. The smallest absolute Gasteiger partial charge is 0.252 e. The summed E-state index contributed by atoms with van der Waals surface area (Å²) in [7, 11) is 0. The lowest BCUT2D eigenvalue weighted by atomic mass is 10.0. The lowest BCUT2D eigenvalue weighted by Crippen LogP contribution is -2.27. The Morgan fingerprint density at radius 2 is 1.52 bits per heavy atom. The van der Waals surface area contributed by atoms with E-state index in [9.17, 15) is 4.79 Å². The summed E-state index contributed by atoms with van der Waals surface area (Å²) in [5.74, 6) is 0.409. The Labute approximate surface area is 187 Å². The third-order valence-electron chi connectivity index (χ3n) is 5.35. The summed E-state index contributed by atoms with van der Waals surface area (Å²) < 4.78 is 0. The number of para-hydroxylation sites is 1. The molecule has 1 heterocycles. The second kappa shape index (κ2) is 9.36. The number of hydrogen-bond acceptors (Lipinski definition) is 3. The number of hydrogen-bond donors (Lipinski definition) is 1. The number of amides is 1. The van der Waals surface area contributed by atoms with Gasteiger partial charge in [0, 0.05) is 10.3 Å². The van der Waals surface area contributed by atoms with Gasteiger partial charge in [-0.05, 0) is 48.2 Å². The summed E-state index contributed by atoms with van der Waals surface area (Å²) in [6.07, 6.45) is 0. The topological polar surface area (TPSA) is 42.0 Å². The van der Waals surface area contributed by atoms with Gasteiger partial charge in [0.15, 0.2) is 0 Å². The predicted octanol–water partition coefficient (Wildman–Crippen LogP) is 7.00. The van der Waals surface area contributed by atoms with Crippen molar-refractivity contribution in [1.29, 1.82) is 0 Å². The van der Waals surface area contributed by atoms with Crippen LogP contribution < -0.4 is 5.32 Å². The molecule has 0 bridgehead atoms. The van der Waals surface area contributed by atoms with E-state index >= 15 is 0 Å². The first kappa shape index (κ1) is 21.1. The third kappa shape index (κ3) is 4.97. The minimum absolute atomic E-state index is 0.0830. The molecule has 156 valence electrons. The van der Waals surface area contributed by atoms with Crippen LogP contribution in [0.4, 0.5) is 0 Å². The molecular formula is C27H26N2OS. The summed E-state index contributed by atoms with van der Waals surface area (Å²) in [4.78, 5) is 19.1. The standard InChI is InChI=1S/C27H26N2OS/c1-18(2)20-13-15-22(16-14-20)31-26-17-24(23-11-7-8-12-25(23)29-26)27(30)28-19(3)21-9-5-4-6-10-21/h4-19H,1-3H3,(H,28,30)/t19-/m0/s1. The minimum Gasteiger partial charge on any atom is -0.345 e. The molecule has 0 unspecified atom stereocenters. The van der Waals surface area contributed by atoms with E-state index in [2.05, 4.69) is 43.4 Å². The maximum Gasteiger partial charge on any atom is 0.252 e. The van der Waals surface area contributed by atoms with Gasteiger partial charge < -0.3 is 5.32 Å². The van der Waals surface area contributed by atoms with Crippen LogP contribution in [0.25, 0.3) is 10.9 Å². The molecule has 4 rings (SSSR count). The third-order valence-corrected chi connectivity index (χ3v) is 6.28. The lowest BCUT2D eigenvalue weighted by molar-refractivity contribution is 0.0941. The number of aromatic nitrogens is 1. The minimum atomic E-state index is -0.0908. The van der Waals surface area contributed by atoms with Crippen LogP contribution in [-0.2, 0) is 0 Å². The molecule has 0 aliphatic rings. The van der Waals surface area contributed by atoms with Crippen LogP contribution in [0.5, 0.6) is 0 Å². The fraction of sp³-hybridized carbons (Fsp3) is 0.185. The second-order valence-electron chi connectivity index (χ2n) is 7.96. The van der Waals surface area contributed by atoms with Gasteiger partial charge in [0.05, 0.1) is 17.1 Å². The maximum atomic E-state index is 13.2. The van der Waals surface area contributed by atoms with Crippen LogP contribution in [0, 0.1) is 0 Å². The van der Waals surface area contributed by atoms with E-state index in [-0.39, 0.29) is 11.9 Å².